The molecule has 1 atom stereocenters. The second-order valence-corrected chi connectivity index (χ2v) is 10.2. The molecule has 0 unspecified atom stereocenters. The zero-order valence-corrected chi connectivity index (χ0v) is 22.6. The molecule has 0 saturated carbocycles. The quantitative estimate of drug-likeness (QED) is 0.228. The Bertz CT molecular complexity index is 1560. The first-order valence-electron chi connectivity index (χ1n) is 12.3. The molecule has 2 heterocycles. The second kappa shape index (κ2) is 10.8. The fourth-order valence-electron chi connectivity index (χ4n) is 4.50. The van der Waals surface area contributed by atoms with E-state index in [2.05, 4.69) is 75.9 Å². The van der Waals surface area contributed by atoms with Crippen molar-refractivity contribution < 1.29 is 9.53 Å². The average Bonchev–Trinajstić information content (AvgIpc) is 3.47. The number of carbonyl (C=O) groups is 1. The number of aryl methyl sites for hydroxylation is 2. The van der Waals surface area contributed by atoms with Gasteiger partial charge in [0, 0.05) is 34.2 Å². The van der Waals surface area contributed by atoms with Crippen molar-refractivity contribution in [2.45, 2.75) is 39.8 Å². The van der Waals surface area contributed by atoms with Crippen molar-refractivity contribution in [1.29, 1.82) is 0 Å². The third kappa shape index (κ3) is 5.26. The number of aromatic nitrogens is 2. The maximum absolute atomic E-state index is 12.7. The van der Waals surface area contributed by atoms with Gasteiger partial charge in [0.2, 0.25) is 0 Å². The van der Waals surface area contributed by atoms with E-state index in [9.17, 15) is 4.79 Å². The minimum absolute atomic E-state index is 0.487. The second-order valence-electron chi connectivity index (χ2n) is 9.03. The van der Waals surface area contributed by atoms with Crippen LogP contribution in [-0.2, 0) is 11.3 Å². The number of nitrogens with one attached hydrogen (secondary N) is 1. The summed E-state index contributed by atoms with van der Waals surface area (Å²) in [6, 6.07) is 24.5. The number of nitrogens with zero attached hydrogens (tertiary/aromatic N) is 2. The van der Waals surface area contributed by atoms with Gasteiger partial charge in [0.15, 0.2) is 0 Å². The van der Waals surface area contributed by atoms with Crippen molar-refractivity contribution in [3.8, 4) is 21.6 Å². The first kappa shape index (κ1) is 25.1. The smallest absolute Gasteiger partial charge is 0.412 e. The van der Waals surface area contributed by atoms with E-state index in [0.29, 0.717) is 10.7 Å². The van der Waals surface area contributed by atoms with Gasteiger partial charge in [-0.25, -0.2) is 4.79 Å². The molecule has 1 N–H and O–H groups in total. The summed E-state index contributed by atoms with van der Waals surface area (Å²) < 4.78 is 12.4. The molecule has 7 heteroatoms. The molecule has 5 aromatic rings. The van der Waals surface area contributed by atoms with Crippen molar-refractivity contribution in [3.05, 3.63) is 95.3 Å². The van der Waals surface area contributed by atoms with Gasteiger partial charge in [-0.3, -0.25) is 5.32 Å². The number of anilines is 1. The maximum atomic E-state index is 12.7. The van der Waals surface area contributed by atoms with Crippen molar-refractivity contribution in [2.24, 2.45) is 0 Å². The predicted molar refractivity (Wildman–Crippen MR) is 153 cm³/mol. The highest BCUT2D eigenvalue weighted by molar-refractivity contribution is 7.10. The fraction of sp³-hybridized carbons (Fsp3) is 0.200. The average molecular weight is 530 g/mol. The Kier molecular flexibility index (Phi) is 7.31. The van der Waals surface area contributed by atoms with Gasteiger partial charge in [0.25, 0.3) is 0 Å². The van der Waals surface area contributed by atoms with E-state index in [0.717, 1.165) is 40.2 Å². The first-order valence-corrected chi connectivity index (χ1v) is 13.5. The molecule has 0 aliphatic rings. The summed E-state index contributed by atoms with van der Waals surface area (Å²) in [5, 5.41) is 4.70. The molecular formula is C30H28ClN3O2S. The highest BCUT2D eigenvalue weighted by Gasteiger charge is 2.19. The number of benzene rings is 3. The lowest BCUT2D eigenvalue weighted by atomic mass is 10.0. The maximum Gasteiger partial charge on any atom is 0.412 e. The van der Waals surface area contributed by atoms with E-state index >= 15 is 0 Å². The van der Waals surface area contributed by atoms with Crippen LogP contribution in [0.3, 0.4) is 0 Å². The molecule has 2 aromatic heterocycles. The SMILES string of the molecule is CCCn1ccc2cc(-c3ccc(-c4snc(C)c4NC(=O)O[C@H](C)c4ccccc4Cl)cc3)ccc21. The zero-order chi connectivity index (χ0) is 25.9. The van der Waals surface area contributed by atoms with E-state index in [-0.39, 0.29) is 0 Å². The number of fused-ring (bicyclic) bond motifs is 1. The summed E-state index contributed by atoms with van der Waals surface area (Å²) in [7, 11) is 0. The molecule has 0 radical (unpaired) electrons. The topological polar surface area (TPSA) is 56.2 Å². The molecule has 3 aromatic carbocycles. The number of hydrogen-bond acceptors (Lipinski definition) is 4. The van der Waals surface area contributed by atoms with Crippen molar-refractivity contribution in [1.82, 2.24) is 8.94 Å². The summed E-state index contributed by atoms with van der Waals surface area (Å²) in [5.41, 5.74) is 6.71. The summed E-state index contributed by atoms with van der Waals surface area (Å²) in [6.07, 6.45) is 2.23. The van der Waals surface area contributed by atoms with Crippen LogP contribution in [0.2, 0.25) is 5.02 Å². The molecule has 188 valence electrons. The predicted octanol–water partition coefficient (Wildman–Crippen LogP) is 9.11. The lowest BCUT2D eigenvalue weighted by Crippen LogP contribution is -2.16. The molecule has 0 bridgehead atoms. The molecule has 0 fully saturated rings. The fourth-order valence-corrected chi connectivity index (χ4v) is 5.64. The molecule has 0 aliphatic carbocycles. The molecule has 0 aliphatic heterocycles. The first-order chi connectivity index (χ1) is 17.9. The van der Waals surface area contributed by atoms with Gasteiger partial charge in [-0.1, -0.05) is 67.1 Å². The number of halogens is 1. The Labute approximate surface area is 225 Å². The van der Waals surface area contributed by atoms with Crippen molar-refractivity contribution in [2.75, 3.05) is 5.32 Å². The van der Waals surface area contributed by atoms with Crippen LogP contribution in [0.1, 0.15) is 37.6 Å². The van der Waals surface area contributed by atoms with Crippen LogP contribution in [0, 0.1) is 6.92 Å². The van der Waals surface area contributed by atoms with Gasteiger partial charge in [-0.05, 0) is 72.8 Å². The van der Waals surface area contributed by atoms with Crippen LogP contribution >= 0.6 is 23.1 Å². The number of hydrogen-bond donors (Lipinski definition) is 1. The number of carbonyl (C=O) groups excluding carboxylic acids is 1. The van der Waals surface area contributed by atoms with Crippen LogP contribution in [0.5, 0.6) is 0 Å². The summed E-state index contributed by atoms with van der Waals surface area (Å²) in [4.78, 5) is 13.6. The number of ether oxygens (including phenoxy) is 1. The Morgan fingerprint density at radius 3 is 2.54 bits per heavy atom. The van der Waals surface area contributed by atoms with Crippen LogP contribution in [0.15, 0.2) is 79.0 Å². The molecule has 5 rings (SSSR count). The standard InChI is InChI=1S/C30H28ClN3O2S/c1-4-16-34-17-15-24-18-23(13-14-27(24)34)21-9-11-22(12-10-21)29-28(19(2)33-37-29)32-30(35)36-20(3)25-7-5-6-8-26(25)31/h5-15,17-18,20H,4,16H2,1-3H3,(H,32,35)/t20-/m1/s1. The normalized spacial score (nSPS) is 12.0. The molecule has 0 spiro atoms. The molecule has 0 saturated heterocycles. The molecule has 37 heavy (non-hydrogen) atoms. The Hall–Kier alpha value is -3.61. The zero-order valence-electron chi connectivity index (χ0n) is 21.0. The summed E-state index contributed by atoms with van der Waals surface area (Å²) >= 11 is 7.61. The summed E-state index contributed by atoms with van der Waals surface area (Å²) in [6.45, 7) is 6.89. The van der Waals surface area contributed by atoms with Crippen molar-refractivity contribution in [3.63, 3.8) is 0 Å². The van der Waals surface area contributed by atoms with E-state index in [1.807, 2.05) is 25.1 Å². The Morgan fingerprint density at radius 1 is 1.05 bits per heavy atom. The lowest BCUT2D eigenvalue weighted by molar-refractivity contribution is 0.121. The van der Waals surface area contributed by atoms with Gasteiger partial charge in [0.05, 0.1) is 16.3 Å². The monoisotopic (exact) mass is 529 g/mol. The highest BCUT2D eigenvalue weighted by Crippen LogP contribution is 2.36. The molecule has 5 nitrogen and oxygen atoms in total. The lowest BCUT2D eigenvalue weighted by Gasteiger charge is -2.16. The van der Waals surface area contributed by atoms with Gasteiger partial charge >= 0.3 is 6.09 Å². The minimum Gasteiger partial charge on any atom is -0.441 e. The minimum atomic E-state index is -0.545. The highest BCUT2D eigenvalue weighted by atomic mass is 35.5. The number of amides is 1. The third-order valence-corrected chi connectivity index (χ3v) is 7.76. The Morgan fingerprint density at radius 2 is 1.78 bits per heavy atom. The van der Waals surface area contributed by atoms with Crippen LogP contribution < -0.4 is 5.32 Å². The van der Waals surface area contributed by atoms with E-state index < -0.39 is 12.2 Å². The Balaban J connectivity index is 1.33. The van der Waals surface area contributed by atoms with E-state index in [1.54, 1.807) is 13.0 Å². The van der Waals surface area contributed by atoms with Crippen LogP contribution in [0.4, 0.5) is 10.5 Å². The van der Waals surface area contributed by atoms with E-state index in [1.165, 1.54) is 28.0 Å². The summed E-state index contributed by atoms with van der Waals surface area (Å²) in [5.74, 6) is 0. The number of rotatable bonds is 7. The largest absolute Gasteiger partial charge is 0.441 e. The van der Waals surface area contributed by atoms with Gasteiger partial charge in [-0.2, -0.15) is 4.37 Å². The third-order valence-electron chi connectivity index (χ3n) is 6.43. The van der Waals surface area contributed by atoms with E-state index in [4.69, 9.17) is 16.3 Å². The van der Waals surface area contributed by atoms with Gasteiger partial charge < -0.3 is 9.30 Å². The van der Waals surface area contributed by atoms with Gasteiger partial charge in [0.1, 0.15) is 6.10 Å². The van der Waals surface area contributed by atoms with Crippen molar-refractivity contribution >= 4 is 45.8 Å². The van der Waals surface area contributed by atoms with Gasteiger partial charge in [-0.15, -0.1) is 0 Å². The molecule has 1 amide bonds. The molecular weight excluding hydrogens is 502 g/mol. The van der Waals surface area contributed by atoms with Crippen LogP contribution in [-0.4, -0.2) is 15.0 Å². The van der Waals surface area contributed by atoms with Crippen LogP contribution in [0.25, 0.3) is 32.5 Å².